The summed E-state index contributed by atoms with van der Waals surface area (Å²) in [6, 6.07) is 13.0. The van der Waals surface area contributed by atoms with Crippen LogP contribution in [0.3, 0.4) is 0 Å². The summed E-state index contributed by atoms with van der Waals surface area (Å²) in [4.78, 5) is 0. The van der Waals surface area contributed by atoms with Crippen molar-refractivity contribution in [3.8, 4) is 5.75 Å². The molecule has 1 aliphatic heterocycles. The highest BCUT2D eigenvalue weighted by Gasteiger charge is 2.55. The zero-order valence-corrected chi connectivity index (χ0v) is 19.8. The molecule has 1 heterocycles. The Morgan fingerprint density at radius 2 is 1.71 bits per heavy atom. The Balaban J connectivity index is 1.35. The first-order valence-electron chi connectivity index (χ1n) is 11.8. The van der Waals surface area contributed by atoms with Crippen molar-refractivity contribution in [2.75, 3.05) is 13.7 Å². The fourth-order valence-electron chi connectivity index (χ4n) is 5.45. The molecule has 7 nitrogen and oxygen atoms in total. The molecule has 1 saturated heterocycles. The van der Waals surface area contributed by atoms with Gasteiger partial charge >= 0.3 is 0 Å². The Bertz CT molecular complexity index is 1000. The summed E-state index contributed by atoms with van der Waals surface area (Å²) < 4.78 is 17.5. The van der Waals surface area contributed by atoms with E-state index in [9.17, 15) is 20.4 Å². The smallest absolute Gasteiger partial charge is 0.224 e. The summed E-state index contributed by atoms with van der Waals surface area (Å²) in [7, 11) is 1.34. The van der Waals surface area contributed by atoms with Gasteiger partial charge in [-0.2, -0.15) is 0 Å². The third-order valence-electron chi connectivity index (χ3n) is 7.52. The third kappa shape index (κ3) is 4.35. The molecule has 184 valence electrons. The maximum atomic E-state index is 10.8. The normalized spacial score (nSPS) is 36.8. The average Bonchev–Trinajstić information content (AvgIpc) is 3.46. The summed E-state index contributed by atoms with van der Waals surface area (Å²) in [6.07, 6.45) is -1.20. The predicted molar refractivity (Wildman–Crippen MR) is 125 cm³/mol. The molecule has 0 aromatic heterocycles. The summed E-state index contributed by atoms with van der Waals surface area (Å²) in [5.74, 6) is 0.843. The summed E-state index contributed by atoms with van der Waals surface area (Å²) in [5.41, 5.74) is 2.23. The van der Waals surface area contributed by atoms with Crippen molar-refractivity contribution in [1.29, 1.82) is 0 Å². The second kappa shape index (κ2) is 9.39. The molecule has 4 unspecified atom stereocenters. The Labute approximate surface area is 203 Å². The van der Waals surface area contributed by atoms with Crippen LogP contribution in [-0.2, 0) is 21.7 Å². The van der Waals surface area contributed by atoms with Crippen LogP contribution in [0.2, 0.25) is 5.02 Å². The van der Waals surface area contributed by atoms with Gasteiger partial charge in [0.25, 0.3) is 0 Å². The number of hydrogen-bond acceptors (Lipinski definition) is 7. The van der Waals surface area contributed by atoms with Crippen molar-refractivity contribution < 1.29 is 34.6 Å². The largest absolute Gasteiger partial charge is 0.490 e. The first kappa shape index (κ1) is 24.0. The maximum absolute atomic E-state index is 10.8. The van der Waals surface area contributed by atoms with Crippen LogP contribution in [-0.4, -0.2) is 64.7 Å². The number of methoxy groups -OCH3 is 1. The van der Waals surface area contributed by atoms with E-state index < -0.39 is 36.8 Å². The van der Waals surface area contributed by atoms with E-state index in [0.717, 1.165) is 41.6 Å². The van der Waals surface area contributed by atoms with Crippen LogP contribution < -0.4 is 4.74 Å². The van der Waals surface area contributed by atoms with Gasteiger partial charge in [-0.3, -0.25) is 0 Å². The van der Waals surface area contributed by atoms with Gasteiger partial charge in [-0.25, -0.2) is 0 Å². The molecule has 5 rings (SSSR count). The molecule has 8 atom stereocenters. The number of hydrogen-bond donors (Lipinski definition) is 4. The minimum absolute atomic E-state index is 0.324. The fourth-order valence-corrected chi connectivity index (χ4v) is 5.63. The Morgan fingerprint density at radius 1 is 1.00 bits per heavy atom. The van der Waals surface area contributed by atoms with Crippen molar-refractivity contribution >= 4 is 11.6 Å². The first-order valence-corrected chi connectivity index (χ1v) is 12.1. The summed E-state index contributed by atoms with van der Waals surface area (Å²) in [6.45, 7) is -0.549. The van der Waals surface area contributed by atoms with Crippen LogP contribution in [0.15, 0.2) is 42.5 Å². The monoisotopic (exact) mass is 490 g/mol. The number of fused-ring (bicyclic) bond motifs is 1. The van der Waals surface area contributed by atoms with E-state index in [1.54, 1.807) is 18.2 Å². The van der Waals surface area contributed by atoms with E-state index in [4.69, 9.17) is 25.8 Å². The number of benzene rings is 2. The van der Waals surface area contributed by atoms with Crippen LogP contribution in [0.25, 0.3) is 0 Å². The average molecular weight is 491 g/mol. The molecular weight excluding hydrogens is 460 g/mol. The lowest BCUT2D eigenvalue weighted by Crippen LogP contribution is -2.64. The van der Waals surface area contributed by atoms with Gasteiger partial charge in [-0.1, -0.05) is 29.8 Å². The van der Waals surface area contributed by atoms with E-state index in [1.807, 2.05) is 24.3 Å². The van der Waals surface area contributed by atoms with E-state index >= 15 is 0 Å². The molecule has 0 radical (unpaired) electrons. The van der Waals surface area contributed by atoms with Gasteiger partial charge in [0.1, 0.15) is 30.2 Å². The highest BCUT2D eigenvalue weighted by Crippen LogP contribution is 2.52. The standard InChI is InChI=1S/C26H31ClO7/c1-32-26(25(31)24(30)23(29)22(13-28)34-26)18-4-7-21(27)17(10-18)8-14-2-5-19(6-3-14)33-20-11-15-9-16(15)12-20/h2-7,10,15-16,20,22-25,28-31H,8-9,11-13H2,1H3/t15-,16+,20?,22-,23?,24?,25-,26?/m1/s1. The van der Waals surface area contributed by atoms with E-state index in [2.05, 4.69) is 0 Å². The molecule has 34 heavy (non-hydrogen) atoms. The van der Waals surface area contributed by atoms with Crippen LogP contribution >= 0.6 is 11.6 Å². The zero-order valence-electron chi connectivity index (χ0n) is 19.0. The molecule has 3 aliphatic rings. The van der Waals surface area contributed by atoms with Crippen LogP contribution in [0.1, 0.15) is 36.0 Å². The minimum atomic E-state index is -1.77. The second-order valence-corrected chi connectivity index (χ2v) is 10.1. The molecule has 4 N–H and O–H groups in total. The van der Waals surface area contributed by atoms with Gasteiger partial charge < -0.3 is 34.6 Å². The quantitative estimate of drug-likeness (QED) is 0.472. The molecule has 2 aliphatic carbocycles. The number of aliphatic hydroxyl groups excluding tert-OH is 4. The van der Waals surface area contributed by atoms with E-state index in [1.165, 1.54) is 13.5 Å². The Kier molecular flexibility index (Phi) is 6.63. The molecule has 2 aromatic rings. The van der Waals surface area contributed by atoms with Gasteiger partial charge in [0.15, 0.2) is 0 Å². The van der Waals surface area contributed by atoms with Gasteiger partial charge in [-0.15, -0.1) is 0 Å². The van der Waals surface area contributed by atoms with Crippen molar-refractivity contribution in [2.24, 2.45) is 11.8 Å². The van der Waals surface area contributed by atoms with Crippen molar-refractivity contribution in [1.82, 2.24) is 0 Å². The van der Waals surface area contributed by atoms with E-state index in [0.29, 0.717) is 23.1 Å². The van der Waals surface area contributed by atoms with E-state index in [-0.39, 0.29) is 0 Å². The first-order chi connectivity index (χ1) is 16.3. The molecule has 2 saturated carbocycles. The second-order valence-electron chi connectivity index (χ2n) is 9.73. The number of aliphatic hydroxyl groups is 4. The lowest BCUT2D eigenvalue weighted by atomic mass is 9.87. The SMILES string of the molecule is COC1(c2ccc(Cl)c(Cc3ccc(OC4C[C@@H]5C[C@@H]5C4)cc3)c2)O[C@H](CO)C(O)C(O)[C@H]1O. The van der Waals surface area contributed by atoms with Gasteiger partial charge in [0, 0.05) is 17.7 Å². The van der Waals surface area contributed by atoms with Crippen LogP contribution in [0.4, 0.5) is 0 Å². The molecule has 8 heteroatoms. The number of rotatable bonds is 7. The highest BCUT2D eigenvalue weighted by atomic mass is 35.5. The summed E-state index contributed by atoms with van der Waals surface area (Å²) >= 11 is 6.48. The molecule has 0 amide bonds. The Hall–Kier alpha value is -1.71. The topological polar surface area (TPSA) is 109 Å². The number of ether oxygens (including phenoxy) is 3. The maximum Gasteiger partial charge on any atom is 0.224 e. The zero-order chi connectivity index (χ0) is 24.0. The predicted octanol–water partition coefficient (Wildman–Crippen LogP) is 2.38. The van der Waals surface area contributed by atoms with Crippen molar-refractivity contribution in [3.05, 3.63) is 64.2 Å². The van der Waals surface area contributed by atoms with Crippen LogP contribution in [0.5, 0.6) is 5.75 Å². The van der Waals surface area contributed by atoms with Gasteiger partial charge in [0.05, 0.1) is 12.7 Å². The van der Waals surface area contributed by atoms with Gasteiger partial charge in [-0.05, 0) is 72.9 Å². The lowest BCUT2D eigenvalue weighted by Gasteiger charge is -2.47. The van der Waals surface area contributed by atoms with Crippen molar-refractivity contribution in [2.45, 2.75) is 62.0 Å². The van der Waals surface area contributed by atoms with Gasteiger partial charge in [0.2, 0.25) is 5.79 Å². The van der Waals surface area contributed by atoms with Crippen molar-refractivity contribution in [3.63, 3.8) is 0 Å². The molecule has 0 bridgehead atoms. The molecular formula is C26H31ClO7. The van der Waals surface area contributed by atoms with Crippen LogP contribution in [0, 0.1) is 11.8 Å². The fraction of sp³-hybridized carbons (Fsp3) is 0.538. The lowest BCUT2D eigenvalue weighted by molar-refractivity contribution is -0.366. The third-order valence-corrected chi connectivity index (χ3v) is 7.89. The summed E-state index contributed by atoms with van der Waals surface area (Å²) in [5, 5.41) is 41.4. The molecule has 3 fully saturated rings. The number of halogens is 1. The highest BCUT2D eigenvalue weighted by molar-refractivity contribution is 6.31. The molecule has 0 spiro atoms. The minimum Gasteiger partial charge on any atom is -0.490 e. The molecule has 2 aromatic carbocycles. The Morgan fingerprint density at radius 3 is 2.35 bits per heavy atom.